The summed E-state index contributed by atoms with van der Waals surface area (Å²) in [6, 6.07) is 14.8. The summed E-state index contributed by atoms with van der Waals surface area (Å²) >= 11 is 0. The van der Waals surface area contributed by atoms with Crippen molar-refractivity contribution in [3.8, 4) is 5.75 Å². The van der Waals surface area contributed by atoms with E-state index in [1.807, 2.05) is 30.3 Å². The van der Waals surface area contributed by atoms with Gasteiger partial charge in [-0.3, -0.25) is 9.59 Å². The number of likely N-dealkylation sites (N-methyl/N-ethyl adjacent to an activating group) is 1. The first-order chi connectivity index (χ1) is 17.4. The Balaban J connectivity index is 1.39. The van der Waals surface area contributed by atoms with Crippen LogP contribution in [0, 0.1) is 0 Å². The summed E-state index contributed by atoms with van der Waals surface area (Å²) in [5.41, 5.74) is 2.03. The van der Waals surface area contributed by atoms with Gasteiger partial charge in [0.05, 0.1) is 12.3 Å². The summed E-state index contributed by atoms with van der Waals surface area (Å²) in [7, 11) is 3.12. The number of nitrogens with one attached hydrogen (secondary N) is 3. The van der Waals surface area contributed by atoms with Crippen molar-refractivity contribution in [1.82, 2.24) is 15.8 Å². The number of carbonyl (C=O) groups is 3. The molecule has 0 aliphatic carbocycles. The van der Waals surface area contributed by atoms with Crippen molar-refractivity contribution in [3.05, 3.63) is 71.6 Å². The average Bonchev–Trinajstić information content (AvgIpc) is 3.31. The molecule has 0 radical (unpaired) electrons. The van der Waals surface area contributed by atoms with Gasteiger partial charge in [0.25, 0.3) is 11.8 Å². The zero-order chi connectivity index (χ0) is 25.5. The second-order valence-corrected chi connectivity index (χ2v) is 8.13. The molecule has 36 heavy (non-hydrogen) atoms. The molecule has 2 heterocycles. The fraction of sp³-hybridized carbons (Fsp3) is 0.280. The van der Waals surface area contributed by atoms with E-state index in [0.29, 0.717) is 42.5 Å². The third-order valence-corrected chi connectivity index (χ3v) is 5.52. The molecule has 0 saturated carbocycles. The first-order valence-corrected chi connectivity index (χ1v) is 11.3. The van der Waals surface area contributed by atoms with Crippen LogP contribution < -0.4 is 25.6 Å². The normalized spacial score (nSPS) is 14.9. The Bertz CT molecular complexity index is 1230. The molecular weight excluding hydrogens is 466 g/mol. The van der Waals surface area contributed by atoms with Crippen molar-refractivity contribution in [1.29, 1.82) is 0 Å². The van der Waals surface area contributed by atoms with E-state index in [1.165, 1.54) is 4.90 Å². The summed E-state index contributed by atoms with van der Waals surface area (Å²) in [5.74, 6) is 0.0522. The van der Waals surface area contributed by atoms with Gasteiger partial charge in [-0.15, -0.1) is 0 Å². The van der Waals surface area contributed by atoms with E-state index in [1.54, 1.807) is 38.4 Å². The summed E-state index contributed by atoms with van der Waals surface area (Å²) in [6.45, 7) is 0.675. The summed E-state index contributed by atoms with van der Waals surface area (Å²) in [5, 5.41) is 11.9. The van der Waals surface area contributed by atoms with E-state index in [4.69, 9.17) is 14.0 Å². The van der Waals surface area contributed by atoms with E-state index in [2.05, 4.69) is 21.1 Å². The first-order valence-electron chi connectivity index (χ1n) is 11.3. The summed E-state index contributed by atoms with van der Waals surface area (Å²) in [4.78, 5) is 39.3. The largest absolute Gasteiger partial charge is 0.489 e. The van der Waals surface area contributed by atoms with Gasteiger partial charge in [0, 0.05) is 38.9 Å². The van der Waals surface area contributed by atoms with Gasteiger partial charge in [-0.25, -0.2) is 4.79 Å². The number of hydrogen-bond acceptors (Lipinski definition) is 7. The monoisotopic (exact) mass is 493 g/mol. The molecule has 11 nitrogen and oxygen atoms in total. The van der Waals surface area contributed by atoms with Crippen LogP contribution in [0.5, 0.6) is 5.75 Å². The lowest BCUT2D eigenvalue weighted by atomic mass is 10.1. The van der Waals surface area contributed by atoms with Crippen LogP contribution in [0.25, 0.3) is 0 Å². The third-order valence-electron chi connectivity index (χ3n) is 5.52. The molecule has 11 heteroatoms. The number of urea groups is 1. The van der Waals surface area contributed by atoms with Crippen LogP contribution in [0.3, 0.4) is 0 Å². The average molecular weight is 494 g/mol. The molecule has 2 aromatic carbocycles. The zero-order valence-electron chi connectivity index (χ0n) is 19.9. The Morgan fingerprint density at radius 3 is 2.75 bits per heavy atom. The number of nitrogens with zero attached hydrogens (tertiary/aromatic N) is 2. The number of hydrogen-bond donors (Lipinski definition) is 3. The maximum absolute atomic E-state index is 13.1. The number of anilines is 2. The predicted molar refractivity (Wildman–Crippen MR) is 131 cm³/mol. The fourth-order valence-corrected chi connectivity index (χ4v) is 3.65. The standard InChI is InChI=1S/C25H27N5O6/c1-30-21-13-17(27-25(33)26-10-11-34-2)8-9-22(21)35-15-20(24(30)32)28-23(31)19-14-18(36-29-19)12-16-6-4-3-5-7-16/h3-9,13-14,20H,10-12,15H2,1-2H3,(H,28,31)(H2,26,27,33)/t20-/m1/s1. The smallest absolute Gasteiger partial charge is 0.319 e. The fourth-order valence-electron chi connectivity index (χ4n) is 3.65. The van der Waals surface area contributed by atoms with Gasteiger partial charge in [0.1, 0.15) is 24.2 Å². The molecule has 3 N–H and O–H groups in total. The van der Waals surface area contributed by atoms with Gasteiger partial charge in [0.15, 0.2) is 5.69 Å². The molecule has 3 aromatic rings. The van der Waals surface area contributed by atoms with Crippen LogP contribution in [0.4, 0.5) is 16.2 Å². The van der Waals surface area contributed by atoms with Gasteiger partial charge in [0.2, 0.25) is 0 Å². The van der Waals surface area contributed by atoms with Crippen LogP contribution in [-0.4, -0.2) is 63.0 Å². The number of benzene rings is 2. The molecule has 0 saturated heterocycles. The van der Waals surface area contributed by atoms with Gasteiger partial charge >= 0.3 is 6.03 Å². The minimum absolute atomic E-state index is 0.0685. The van der Waals surface area contributed by atoms with Crippen molar-refractivity contribution in [2.24, 2.45) is 0 Å². The number of ether oxygens (including phenoxy) is 2. The SMILES string of the molecule is COCCNC(=O)Nc1ccc2c(c1)N(C)C(=O)[C@H](NC(=O)c1cc(Cc3ccccc3)on1)CO2. The highest BCUT2D eigenvalue weighted by molar-refractivity contribution is 6.03. The Morgan fingerprint density at radius 1 is 1.17 bits per heavy atom. The molecule has 1 aromatic heterocycles. The summed E-state index contributed by atoms with van der Waals surface area (Å²) in [6.07, 6.45) is 0.491. The van der Waals surface area contributed by atoms with Crippen molar-refractivity contribution in [2.75, 3.05) is 44.1 Å². The Kier molecular flexibility index (Phi) is 7.81. The van der Waals surface area contributed by atoms with Crippen molar-refractivity contribution in [2.45, 2.75) is 12.5 Å². The highest BCUT2D eigenvalue weighted by Gasteiger charge is 2.31. The van der Waals surface area contributed by atoms with Crippen molar-refractivity contribution >= 4 is 29.2 Å². The van der Waals surface area contributed by atoms with Gasteiger partial charge in [-0.2, -0.15) is 0 Å². The molecule has 0 bridgehead atoms. The van der Waals surface area contributed by atoms with Gasteiger partial charge in [-0.1, -0.05) is 35.5 Å². The molecule has 1 aliphatic heterocycles. The van der Waals surface area contributed by atoms with Gasteiger partial charge in [-0.05, 0) is 23.8 Å². The van der Waals surface area contributed by atoms with E-state index >= 15 is 0 Å². The maximum atomic E-state index is 13.1. The maximum Gasteiger partial charge on any atom is 0.319 e. The zero-order valence-corrected chi connectivity index (χ0v) is 19.9. The lowest BCUT2D eigenvalue weighted by molar-refractivity contribution is -0.120. The van der Waals surface area contributed by atoms with Crippen molar-refractivity contribution < 1.29 is 28.4 Å². The highest BCUT2D eigenvalue weighted by Crippen LogP contribution is 2.33. The molecule has 0 fully saturated rings. The minimum Gasteiger partial charge on any atom is -0.489 e. The Labute approximate surface area is 207 Å². The predicted octanol–water partition coefficient (Wildman–Crippen LogP) is 2.19. The first kappa shape index (κ1) is 24.7. The second-order valence-electron chi connectivity index (χ2n) is 8.13. The molecule has 4 rings (SSSR count). The lowest BCUT2D eigenvalue weighted by Gasteiger charge is -2.20. The van der Waals surface area contributed by atoms with Crippen LogP contribution >= 0.6 is 0 Å². The quantitative estimate of drug-likeness (QED) is 0.410. The Hall–Kier alpha value is -4.38. The molecule has 1 atom stereocenters. The van der Waals surface area contributed by atoms with Crippen LogP contribution in [0.1, 0.15) is 21.8 Å². The minimum atomic E-state index is -0.946. The topological polar surface area (TPSA) is 135 Å². The number of carbonyl (C=O) groups excluding carboxylic acids is 3. The Morgan fingerprint density at radius 2 is 1.97 bits per heavy atom. The van der Waals surface area contributed by atoms with Crippen molar-refractivity contribution in [3.63, 3.8) is 0 Å². The molecule has 1 aliphatic rings. The second kappa shape index (κ2) is 11.4. The molecular formula is C25H27N5O6. The number of aromatic nitrogens is 1. The van der Waals surface area contributed by atoms with Crippen LogP contribution in [-0.2, 0) is 16.0 Å². The van der Waals surface area contributed by atoms with E-state index in [-0.39, 0.29) is 18.2 Å². The number of fused-ring (bicyclic) bond motifs is 1. The van der Waals surface area contributed by atoms with E-state index < -0.39 is 18.0 Å². The van der Waals surface area contributed by atoms with E-state index in [0.717, 1.165) is 5.56 Å². The number of amides is 4. The third kappa shape index (κ3) is 5.99. The molecule has 0 unspecified atom stereocenters. The summed E-state index contributed by atoms with van der Waals surface area (Å²) < 4.78 is 16.0. The number of methoxy groups -OCH3 is 1. The number of rotatable bonds is 8. The highest BCUT2D eigenvalue weighted by atomic mass is 16.5. The molecule has 0 spiro atoms. The van der Waals surface area contributed by atoms with E-state index in [9.17, 15) is 14.4 Å². The molecule has 4 amide bonds. The van der Waals surface area contributed by atoms with Crippen LogP contribution in [0.2, 0.25) is 0 Å². The lowest BCUT2D eigenvalue weighted by Crippen LogP contribution is -2.49. The van der Waals surface area contributed by atoms with Crippen LogP contribution in [0.15, 0.2) is 59.1 Å². The van der Waals surface area contributed by atoms with Gasteiger partial charge < -0.3 is 34.8 Å². The molecule has 188 valence electrons.